The molecule has 234 valence electrons. The molecular weight excluding hydrogens is 641 g/mol. The average Bonchev–Trinajstić information content (AvgIpc) is 3.53. The zero-order valence-electron chi connectivity index (χ0n) is 24.8. The van der Waals surface area contributed by atoms with Gasteiger partial charge in [0.05, 0.1) is 18.5 Å². The summed E-state index contributed by atoms with van der Waals surface area (Å²) in [5, 5.41) is 6.81. The van der Waals surface area contributed by atoms with Gasteiger partial charge in [-0.1, -0.05) is 103 Å². The molecule has 1 fully saturated rings. The summed E-state index contributed by atoms with van der Waals surface area (Å²) in [4.78, 5) is 59.3. The standard InChI is InChI=1S/C34H30N4O5S3/c1-35-26(39)18-24-19-45-34(36-24)46-25-20-44-32-28(37-27(40)17-21-11-5-2-6-12-21)31(41)38(32)29(25)33(42)43-30(22-13-7-3-8-14-22)23-15-9-4-10-16-23/h2-16,19,28,30,32H,17-18,20H2,1H3,(H,35,39)(H,37,40)/t28-,32-/m1/s1. The molecule has 6 rings (SSSR count). The zero-order chi connectivity index (χ0) is 32.0. The Balaban J connectivity index is 1.28. The van der Waals surface area contributed by atoms with Crippen LogP contribution >= 0.6 is 34.9 Å². The largest absolute Gasteiger partial charge is 0.448 e. The Labute approximate surface area is 278 Å². The highest BCUT2D eigenvalue weighted by Gasteiger charge is 2.55. The number of rotatable bonds is 11. The molecule has 0 aliphatic carbocycles. The fourth-order valence-electron chi connectivity index (χ4n) is 5.19. The van der Waals surface area contributed by atoms with Crippen molar-refractivity contribution in [3.63, 3.8) is 0 Å². The molecular formula is C34H30N4O5S3. The fourth-order valence-corrected chi connectivity index (χ4v) is 8.65. The molecule has 12 heteroatoms. The van der Waals surface area contributed by atoms with Crippen molar-refractivity contribution in [3.05, 3.63) is 129 Å². The Kier molecular flexibility index (Phi) is 9.86. The molecule has 0 radical (unpaired) electrons. The molecule has 3 heterocycles. The lowest BCUT2D eigenvalue weighted by Gasteiger charge is -2.49. The van der Waals surface area contributed by atoms with Crippen LogP contribution in [0, 0.1) is 0 Å². The van der Waals surface area contributed by atoms with Gasteiger partial charge in [0.15, 0.2) is 10.4 Å². The Bertz CT molecular complexity index is 1730. The second kappa shape index (κ2) is 14.4. The van der Waals surface area contributed by atoms with E-state index >= 15 is 0 Å². The zero-order valence-corrected chi connectivity index (χ0v) is 27.2. The predicted molar refractivity (Wildman–Crippen MR) is 179 cm³/mol. The number of likely N-dealkylation sites (N-methyl/N-ethyl adjacent to an activating group) is 1. The van der Waals surface area contributed by atoms with Gasteiger partial charge in [-0.3, -0.25) is 19.3 Å². The van der Waals surface area contributed by atoms with Crippen molar-refractivity contribution in [3.8, 4) is 0 Å². The van der Waals surface area contributed by atoms with Crippen LogP contribution in [0.2, 0.25) is 0 Å². The van der Waals surface area contributed by atoms with Crippen LogP contribution in [0.4, 0.5) is 0 Å². The summed E-state index contributed by atoms with van der Waals surface area (Å²) >= 11 is 4.12. The van der Waals surface area contributed by atoms with Crippen molar-refractivity contribution in [2.75, 3.05) is 12.8 Å². The quantitative estimate of drug-likeness (QED) is 0.174. The molecule has 46 heavy (non-hydrogen) atoms. The second-order valence-electron chi connectivity index (χ2n) is 10.6. The van der Waals surface area contributed by atoms with E-state index in [1.54, 1.807) is 7.05 Å². The van der Waals surface area contributed by atoms with Crippen LogP contribution in [0.25, 0.3) is 0 Å². The Morgan fingerprint density at radius 2 is 1.57 bits per heavy atom. The lowest BCUT2D eigenvalue weighted by Crippen LogP contribution is -2.70. The molecule has 2 aliphatic heterocycles. The van der Waals surface area contributed by atoms with Crippen LogP contribution in [-0.4, -0.2) is 57.8 Å². The number of ether oxygens (including phenoxy) is 1. The van der Waals surface area contributed by atoms with Crippen molar-refractivity contribution >= 4 is 58.6 Å². The van der Waals surface area contributed by atoms with E-state index in [9.17, 15) is 19.2 Å². The first-order valence-corrected chi connectivity index (χ1v) is 17.3. The molecule has 1 saturated heterocycles. The van der Waals surface area contributed by atoms with Crippen molar-refractivity contribution in [1.82, 2.24) is 20.5 Å². The first-order valence-electron chi connectivity index (χ1n) is 14.6. The average molecular weight is 671 g/mol. The highest BCUT2D eigenvalue weighted by atomic mass is 32.2. The normalized spacial score (nSPS) is 17.3. The number of hydrogen-bond donors (Lipinski definition) is 2. The van der Waals surface area contributed by atoms with Crippen LogP contribution in [0.3, 0.4) is 0 Å². The van der Waals surface area contributed by atoms with Crippen LogP contribution in [-0.2, 0) is 36.8 Å². The van der Waals surface area contributed by atoms with Crippen LogP contribution < -0.4 is 10.6 Å². The topological polar surface area (TPSA) is 118 Å². The lowest BCUT2D eigenvalue weighted by atomic mass is 10.0. The van der Waals surface area contributed by atoms with Gasteiger partial charge in [0, 0.05) is 23.1 Å². The number of nitrogens with zero attached hydrogens (tertiary/aromatic N) is 2. The first kappa shape index (κ1) is 31.6. The number of carbonyl (C=O) groups excluding carboxylic acids is 4. The minimum absolute atomic E-state index is 0.142. The molecule has 2 aliphatic rings. The Morgan fingerprint density at radius 1 is 0.935 bits per heavy atom. The third kappa shape index (κ3) is 7.04. The van der Waals surface area contributed by atoms with E-state index in [4.69, 9.17) is 4.74 Å². The van der Waals surface area contributed by atoms with Crippen LogP contribution in [0.5, 0.6) is 0 Å². The van der Waals surface area contributed by atoms with Crippen molar-refractivity contribution in [2.24, 2.45) is 0 Å². The number of benzene rings is 3. The van der Waals surface area contributed by atoms with Gasteiger partial charge in [0.2, 0.25) is 11.8 Å². The smallest absolute Gasteiger partial charge is 0.356 e. The molecule has 2 N–H and O–H groups in total. The number of esters is 1. The lowest BCUT2D eigenvalue weighted by molar-refractivity contribution is -0.154. The van der Waals surface area contributed by atoms with E-state index in [-0.39, 0.29) is 36.3 Å². The van der Waals surface area contributed by atoms with Gasteiger partial charge in [-0.25, -0.2) is 9.78 Å². The maximum atomic E-state index is 14.2. The Hall–Kier alpha value is -4.39. The second-order valence-corrected chi connectivity index (χ2v) is 13.9. The van der Waals surface area contributed by atoms with Gasteiger partial charge in [-0.15, -0.1) is 23.1 Å². The Morgan fingerprint density at radius 3 is 2.20 bits per heavy atom. The summed E-state index contributed by atoms with van der Waals surface area (Å²) in [5.74, 6) is -1.03. The molecule has 3 amide bonds. The predicted octanol–water partition coefficient (Wildman–Crippen LogP) is 4.71. The number of nitrogens with one attached hydrogen (secondary N) is 2. The van der Waals surface area contributed by atoms with Crippen molar-refractivity contribution in [2.45, 2.75) is 34.7 Å². The van der Waals surface area contributed by atoms with Crippen LogP contribution in [0.15, 0.2) is 111 Å². The number of fused-ring (bicyclic) bond motifs is 1. The molecule has 3 aromatic carbocycles. The highest BCUT2D eigenvalue weighted by molar-refractivity contribution is 8.07. The maximum absolute atomic E-state index is 14.2. The van der Waals surface area contributed by atoms with Gasteiger partial charge in [-0.05, 0) is 16.7 Å². The minimum Gasteiger partial charge on any atom is -0.448 e. The van der Waals surface area contributed by atoms with Gasteiger partial charge >= 0.3 is 5.97 Å². The molecule has 2 atom stereocenters. The van der Waals surface area contributed by atoms with E-state index in [0.29, 0.717) is 20.7 Å². The monoisotopic (exact) mass is 670 g/mol. The van der Waals surface area contributed by atoms with Crippen molar-refractivity contribution < 1.29 is 23.9 Å². The number of carbonyl (C=O) groups is 4. The number of thioether (sulfide) groups is 2. The van der Waals surface area contributed by atoms with Crippen LogP contribution in [0.1, 0.15) is 28.5 Å². The van der Waals surface area contributed by atoms with E-state index in [0.717, 1.165) is 16.7 Å². The summed E-state index contributed by atoms with van der Waals surface area (Å²) in [6.07, 6.45) is -0.423. The number of hydrogen-bond acceptors (Lipinski definition) is 9. The number of aromatic nitrogens is 1. The van der Waals surface area contributed by atoms with E-state index in [1.165, 1.54) is 39.8 Å². The summed E-state index contributed by atoms with van der Waals surface area (Å²) in [6, 6.07) is 27.4. The summed E-state index contributed by atoms with van der Waals surface area (Å²) in [5.41, 5.74) is 3.19. The molecule has 0 spiro atoms. The third-order valence-electron chi connectivity index (χ3n) is 7.44. The van der Waals surface area contributed by atoms with Gasteiger partial charge in [0.25, 0.3) is 5.91 Å². The number of amides is 3. The molecule has 0 bridgehead atoms. The fraction of sp³-hybridized carbons (Fsp3) is 0.206. The molecule has 4 aromatic rings. The molecule has 0 saturated carbocycles. The summed E-state index contributed by atoms with van der Waals surface area (Å²) < 4.78 is 6.87. The molecule has 9 nitrogen and oxygen atoms in total. The van der Waals surface area contributed by atoms with E-state index in [2.05, 4.69) is 15.6 Å². The minimum atomic E-state index is -0.770. The molecule has 0 unspecified atom stereocenters. The highest BCUT2D eigenvalue weighted by Crippen LogP contribution is 2.46. The van der Waals surface area contributed by atoms with Gasteiger partial charge in [0.1, 0.15) is 17.1 Å². The van der Waals surface area contributed by atoms with Gasteiger partial charge in [-0.2, -0.15) is 0 Å². The first-order chi connectivity index (χ1) is 22.4. The van der Waals surface area contributed by atoms with E-state index < -0.39 is 23.5 Å². The number of thiazole rings is 1. The summed E-state index contributed by atoms with van der Waals surface area (Å²) in [7, 11) is 1.57. The van der Waals surface area contributed by atoms with Gasteiger partial charge < -0.3 is 15.4 Å². The number of β-lactam (4-membered cyclic amide) rings is 1. The molecule has 1 aromatic heterocycles. The van der Waals surface area contributed by atoms with E-state index in [1.807, 2.05) is 96.4 Å². The maximum Gasteiger partial charge on any atom is 0.356 e. The SMILES string of the molecule is CNC(=O)Cc1csc(SC2=C(C(=O)OC(c3ccccc3)c3ccccc3)N3C(=O)[C@@H](NC(=O)Cc4ccccc4)[C@H]3SC2)n1. The van der Waals surface area contributed by atoms with Crippen molar-refractivity contribution in [1.29, 1.82) is 0 Å². The summed E-state index contributed by atoms with van der Waals surface area (Å²) in [6.45, 7) is 0. The third-order valence-corrected chi connectivity index (χ3v) is 11.0.